The minimum atomic E-state index is -0.445. The van der Waals surface area contributed by atoms with E-state index in [1.807, 2.05) is 0 Å². The summed E-state index contributed by atoms with van der Waals surface area (Å²) in [5.74, 6) is 0.673. The molecule has 0 saturated carbocycles. The summed E-state index contributed by atoms with van der Waals surface area (Å²) in [6, 6.07) is 2.37. The lowest BCUT2D eigenvalue weighted by Crippen LogP contribution is -2.42. The molecule has 0 amide bonds. The van der Waals surface area contributed by atoms with Crippen LogP contribution in [0.2, 0.25) is 0 Å². The number of nitro groups is 1. The zero-order valence-corrected chi connectivity index (χ0v) is 12.6. The number of anilines is 1. The highest BCUT2D eigenvalue weighted by atomic mass is 79.9. The van der Waals surface area contributed by atoms with Gasteiger partial charge in [-0.25, -0.2) is 4.98 Å². The van der Waals surface area contributed by atoms with Gasteiger partial charge >= 0.3 is 0 Å². The lowest BCUT2D eigenvalue weighted by atomic mass is 9.99. The fraction of sp³-hybridized carbons (Fsp3) is 0.583. The number of piperidine rings is 1. The average molecular weight is 329 g/mol. The van der Waals surface area contributed by atoms with E-state index in [0.29, 0.717) is 22.4 Å². The lowest BCUT2D eigenvalue weighted by molar-refractivity contribution is -0.385. The standard InChI is InChI=1S/C12H17BrN4O2/c1-8-5-9(3-4-16(8)2)15-12-11(13)6-10(7-14-12)17(18)19/h6-9H,3-5H2,1-2H3,(H,14,15). The molecule has 1 aliphatic rings. The number of nitrogens with one attached hydrogen (secondary N) is 1. The molecule has 1 aliphatic heterocycles. The Hall–Kier alpha value is -1.21. The van der Waals surface area contributed by atoms with E-state index in [-0.39, 0.29) is 5.69 Å². The first-order valence-electron chi connectivity index (χ1n) is 6.24. The fourth-order valence-electron chi connectivity index (χ4n) is 2.25. The summed E-state index contributed by atoms with van der Waals surface area (Å²) in [5.41, 5.74) is -0.00540. The predicted octanol–water partition coefficient (Wildman–Crippen LogP) is 2.65. The predicted molar refractivity (Wildman–Crippen MR) is 77.3 cm³/mol. The molecule has 1 N–H and O–H groups in total. The van der Waals surface area contributed by atoms with Gasteiger partial charge in [0, 0.05) is 24.7 Å². The largest absolute Gasteiger partial charge is 0.366 e. The van der Waals surface area contributed by atoms with Gasteiger partial charge in [-0.3, -0.25) is 10.1 Å². The molecule has 2 heterocycles. The van der Waals surface area contributed by atoms with E-state index in [1.54, 1.807) is 0 Å². The molecular weight excluding hydrogens is 312 g/mol. The molecule has 0 spiro atoms. The molecule has 1 saturated heterocycles. The van der Waals surface area contributed by atoms with Crippen molar-refractivity contribution < 1.29 is 4.92 Å². The summed E-state index contributed by atoms with van der Waals surface area (Å²) in [4.78, 5) is 16.7. The van der Waals surface area contributed by atoms with E-state index < -0.39 is 4.92 Å². The van der Waals surface area contributed by atoms with E-state index in [0.717, 1.165) is 19.4 Å². The number of aromatic nitrogens is 1. The highest BCUT2D eigenvalue weighted by molar-refractivity contribution is 9.10. The summed E-state index contributed by atoms with van der Waals surface area (Å²) < 4.78 is 0.633. The van der Waals surface area contributed by atoms with Crippen molar-refractivity contribution in [3.05, 3.63) is 26.9 Å². The third-order valence-electron chi connectivity index (χ3n) is 3.59. The van der Waals surface area contributed by atoms with Crippen molar-refractivity contribution >= 4 is 27.4 Å². The molecule has 1 aromatic heterocycles. The monoisotopic (exact) mass is 328 g/mol. The Labute approximate surface area is 120 Å². The van der Waals surface area contributed by atoms with Gasteiger partial charge < -0.3 is 10.2 Å². The number of nitrogens with zero attached hydrogens (tertiary/aromatic N) is 3. The third kappa shape index (κ3) is 3.42. The molecule has 0 aromatic carbocycles. The Morgan fingerprint density at radius 2 is 2.37 bits per heavy atom. The van der Waals surface area contributed by atoms with Crippen molar-refractivity contribution in [2.24, 2.45) is 0 Å². The van der Waals surface area contributed by atoms with Crippen LogP contribution >= 0.6 is 15.9 Å². The maximum absolute atomic E-state index is 10.7. The van der Waals surface area contributed by atoms with Crippen LogP contribution in [0.3, 0.4) is 0 Å². The zero-order chi connectivity index (χ0) is 14.0. The van der Waals surface area contributed by atoms with Gasteiger partial charge in [0.05, 0.1) is 9.40 Å². The van der Waals surface area contributed by atoms with Crippen molar-refractivity contribution in [2.75, 3.05) is 18.9 Å². The van der Waals surface area contributed by atoms with E-state index >= 15 is 0 Å². The molecule has 1 fully saturated rings. The van der Waals surface area contributed by atoms with Crippen LogP contribution in [0, 0.1) is 10.1 Å². The average Bonchev–Trinajstić information content (AvgIpc) is 2.36. The molecule has 7 heteroatoms. The number of hydrogen-bond acceptors (Lipinski definition) is 5. The van der Waals surface area contributed by atoms with Gasteiger partial charge in [0.2, 0.25) is 0 Å². The molecule has 0 bridgehead atoms. The third-order valence-corrected chi connectivity index (χ3v) is 4.19. The van der Waals surface area contributed by atoms with E-state index in [1.165, 1.54) is 12.3 Å². The first-order chi connectivity index (χ1) is 8.97. The molecular formula is C12H17BrN4O2. The van der Waals surface area contributed by atoms with Crippen LogP contribution in [0.15, 0.2) is 16.7 Å². The van der Waals surface area contributed by atoms with Crippen LogP contribution in [0.25, 0.3) is 0 Å². The minimum absolute atomic E-state index is 0.00540. The summed E-state index contributed by atoms with van der Waals surface area (Å²) in [5, 5.41) is 14.0. The van der Waals surface area contributed by atoms with Crippen LogP contribution in [0.4, 0.5) is 11.5 Å². The summed E-state index contributed by atoms with van der Waals surface area (Å²) in [6.07, 6.45) is 3.37. The highest BCUT2D eigenvalue weighted by Gasteiger charge is 2.23. The van der Waals surface area contributed by atoms with Crippen LogP contribution < -0.4 is 5.32 Å². The molecule has 0 aliphatic carbocycles. The number of likely N-dealkylation sites (tertiary alicyclic amines) is 1. The summed E-state index contributed by atoms with van der Waals surface area (Å²) >= 11 is 3.33. The summed E-state index contributed by atoms with van der Waals surface area (Å²) in [6.45, 7) is 3.25. The van der Waals surface area contributed by atoms with Gasteiger partial charge in [0.25, 0.3) is 5.69 Å². The molecule has 1 aromatic rings. The Bertz CT molecular complexity index is 483. The van der Waals surface area contributed by atoms with Crippen LogP contribution in [0.5, 0.6) is 0 Å². The van der Waals surface area contributed by atoms with E-state index in [2.05, 4.69) is 45.1 Å². The van der Waals surface area contributed by atoms with Crippen molar-refractivity contribution in [3.8, 4) is 0 Å². The van der Waals surface area contributed by atoms with Crippen LogP contribution in [0.1, 0.15) is 19.8 Å². The van der Waals surface area contributed by atoms with E-state index in [4.69, 9.17) is 0 Å². The maximum Gasteiger partial charge on any atom is 0.288 e. The van der Waals surface area contributed by atoms with E-state index in [9.17, 15) is 10.1 Å². The number of halogens is 1. The Kier molecular flexibility index (Phi) is 4.36. The topological polar surface area (TPSA) is 71.3 Å². The number of hydrogen-bond donors (Lipinski definition) is 1. The van der Waals surface area contributed by atoms with Gasteiger partial charge in [0.15, 0.2) is 0 Å². The van der Waals surface area contributed by atoms with Crippen molar-refractivity contribution in [2.45, 2.75) is 31.8 Å². The normalized spacial score (nSPS) is 24.2. The molecule has 2 rings (SSSR count). The Morgan fingerprint density at radius 1 is 1.63 bits per heavy atom. The second-order valence-corrected chi connectivity index (χ2v) is 5.83. The Balaban J connectivity index is 2.05. The quantitative estimate of drug-likeness (QED) is 0.682. The van der Waals surface area contributed by atoms with Crippen molar-refractivity contribution in [1.82, 2.24) is 9.88 Å². The van der Waals surface area contributed by atoms with Crippen molar-refractivity contribution in [3.63, 3.8) is 0 Å². The number of rotatable bonds is 3. The number of pyridine rings is 1. The van der Waals surface area contributed by atoms with Crippen LogP contribution in [-0.4, -0.2) is 40.5 Å². The zero-order valence-electron chi connectivity index (χ0n) is 11.0. The minimum Gasteiger partial charge on any atom is -0.366 e. The highest BCUT2D eigenvalue weighted by Crippen LogP contribution is 2.27. The van der Waals surface area contributed by atoms with Gasteiger partial charge in [-0.2, -0.15) is 0 Å². The van der Waals surface area contributed by atoms with Gasteiger partial charge in [-0.05, 0) is 42.7 Å². The van der Waals surface area contributed by atoms with Gasteiger partial charge in [0.1, 0.15) is 12.0 Å². The van der Waals surface area contributed by atoms with Crippen molar-refractivity contribution in [1.29, 1.82) is 0 Å². The summed E-state index contributed by atoms with van der Waals surface area (Å²) in [7, 11) is 2.13. The first kappa shape index (κ1) is 14.2. The molecule has 2 unspecified atom stereocenters. The van der Waals surface area contributed by atoms with Gasteiger partial charge in [-0.1, -0.05) is 0 Å². The molecule has 6 nitrogen and oxygen atoms in total. The smallest absolute Gasteiger partial charge is 0.288 e. The lowest BCUT2D eigenvalue weighted by Gasteiger charge is -2.35. The molecule has 19 heavy (non-hydrogen) atoms. The first-order valence-corrected chi connectivity index (χ1v) is 7.03. The Morgan fingerprint density at radius 3 is 2.95 bits per heavy atom. The fourth-order valence-corrected chi connectivity index (χ4v) is 2.70. The molecule has 2 atom stereocenters. The molecule has 0 radical (unpaired) electrons. The maximum atomic E-state index is 10.7. The SMILES string of the molecule is CC1CC(Nc2ncc([N+](=O)[O-])cc2Br)CCN1C. The second-order valence-electron chi connectivity index (χ2n) is 4.98. The van der Waals surface area contributed by atoms with Gasteiger partial charge in [-0.15, -0.1) is 0 Å². The molecule has 104 valence electrons. The van der Waals surface area contributed by atoms with Crippen LogP contribution in [-0.2, 0) is 0 Å². The second kappa shape index (κ2) is 5.83.